The van der Waals surface area contributed by atoms with Gasteiger partial charge in [-0.2, -0.15) is 0 Å². The summed E-state index contributed by atoms with van der Waals surface area (Å²) in [5, 5.41) is 0.366. The summed E-state index contributed by atoms with van der Waals surface area (Å²) in [6.45, 7) is 2.15. The van der Waals surface area contributed by atoms with Gasteiger partial charge in [-0.15, -0.1) is 0 Å². The van der Waals surface area contributed by atoms with Crippen molar-refractivity contribution in [3.8, 4) is 0 Å². The minimum absolute atomic E-state index is 0.0191. The Hall–Kier alpha value is -0.780. The maximum Gasteiger partial charge on any atom is 0.240 e. The van der Waals surface area contributed by atoms with E-state index in [9.17, 15) is 8.42 Å². The second-order valence-corrected chi connectivity index (χ2v) is 7.39. The normalized spacial score (nSPS) is 24.3. The summed E-state index contributed by atoms with van der Waals surface area (Å²) in [5.74, 6) is 0.566. The average Bonchev–Trinajstić information content (AvgIpc) is 2.32. The van der Waals surface area contributed by atoms with Crippen LogP contribution in [0.2, 0.25) is 5.02 Å². The molecule has 1 aliphatic rings. The summed E-state index contributed by atoms with van der Waals surface area (Å²) in [6.07, 6.45) is 4.03. The third-order valence-corrected chi connectivity index (χ3v) is 5.40. The van der Waals surface area contributed by atoms with E-state index >= 15 is 0 Å². The van der Waals surface area contributed by atoms with Crippen LogP contribution in [0.3, 0.4) is 0 Å². The molecule has 0 aliphatic heterocycles. The highest BCUT2D eigenvalue weighted by atomic mass is 35.5. The van der Waals surface area contributed by atoms with Crippen molar-refractivity contribution in [2.45, 2.75) is 43.5 Å². The first kappa shape index (κ1) is 14.6. The first-order chi connectivity index (χ1) is 8.88. The molecule has 2 atom stereocenters. The van der Waals surface area contributed by atoms with E-state index in [4.69, 9.17) is 17.3 Å². The molecule has 2 rings (SSSR count). The van der Waals surface area contributed by atoms with Crippen molar-refractivity contribution in [2.24, 2.45) is 5.92 Å². The van der Waals surface area contributed by atoms with Crippen molar-refractivity contribution < 1.29 is 8.42 Å². The lowest BCUT2D eigenvalue weighted by atomic mass is 9.88. The Morgan fingerprint density at radius 2 is 2.11 bits per heavy atom. The fraction of sp³-hybridized carbons (Fsp3) is 0.538. The summed E-state index contributed by atoms with van der Waals surface area (Å²) in [7, 11) is -3.51. The number of sulfonamides is 1. The molecule has 0 bridgehead atoms. The zero-order valence-electron chi connectivity index (χ0n) is 10.9. The number of rotatable bonds is 3. The van der Waals surface area contributed by atoms with Crippen LogP contribution >= 0.6 is 11.6 Å². The van der Waals surface area contributed by atoms with E-state index in [0.717, 1.165) is 19.3 Å². The smallest absolute Gasteiger partial charge is 0.240 e. The van der Waals surface area contributed by atoms with Crippen molar-refractivity contribution >= 4 is 27.3 Å². The van der Waals surface area contributed by atoms with Crippen molar-refractivity contribution in [2.75, 3.05) is 5.73 Å². The Morgan fingerprint density at radius 3 is 2.74 bits per heavy atom. The van der Waals surface area contributed by atoms with E-state index in [-0.39, 0.29) is 16.6 Å². The Balaban J connectivity index is 2.15. The number of nitrogens with two attached hydrogens (primary N) is 1. The molecule has 0 spiro atoms. The van der Waals surface area contributed by atoms with Crippen LogP contribution in [0.25, 0.3) is 0 Å². The summed E-state index contributed by atoms with van der Waals surface area (Å²) in [6, 6.07) is 4.41. The molecule has 1 aliphatic carbocycles. The lowest BCUT2D eigenvalue weighted by molar-refractivity contribution is 0.327. The molecule has 4 nitrogen and oxygen atoms in total. The Morgan fingerprint density at radius 1 is 1.37 bits per heavy atom. The van der Waals surface area contributed by atoms with Crippen molar-refractivity contribution in [3.63, 3.8) is 0 Å². The molecule has 0 saturated heterocycles. The van der Waals surface area contributed by atoms with Crippen LogP contribution < -0.4 is 10.5 Å². The molecule has 0 radical (unpaired) electrons. The van der Waals surface area contributed by atoms with Gasteiger partial charge < -0.3 is 5.73 Å². The number of hydrogen-bond donors (Lipinski definition) is 2. The molecular formula is C13H19ClN2O2S. The fourth-order valence-corrected chi connectivity index (χ4v) is 3.95. The Labute approximate surface area is 119 Å². The van der Waals surface area contributed by atoms with E-state index in [1.165, 1.54) is 24.6 Å². The zero-order chi connectivity index (χ0) is 14.0. The van der Waals surface area contributed by atoms with Crippen LogP contribution in [0.4, 0.5) is 5.69 Å². The summed E-state index contributed by atoms with van der Waals surface area (Å²) in [5.41, 5.74) is 5.93. The van der Waals surface area contributed by atoms with Gasteiger partial charge in [0.2, 0.25) is 10.0 Å². The highest BCUT2D eigenvalue weighted by Gasteiger charge is 2.24. The molecule has 6 heteroatoms. The highest BCUT2D eigenvalue weighted by Crippen LogP contribution is 2.26. The molecule has 19 heavy (non-hydrogen) atoms. The van der Waals surface area contributed by atoms with Gasteiger partial charge in [0.05, 0.1) is 15.6 Å². The van der Waals surface area contributed by atoms with Crippen molar-refractivity contribution in [1.29, 1.82) is 0 Å². The lowest BCUT2D eigenvalue weighted by Crippen LogP contribution is -2.37. The van der Waals surface area contributed by atoms with Gasteiger partial charge in [-0.05, 0) is 37.0 Å². The molecule has 1 fully saturated rings. The topological polar surface area (TPSA) is 72.2 Å². The Kier molecular flexibility index (Phi) is 4.38. The van der Waals surface area contributed by atoms with Crippen LogP contribution in [0.5, 0.6) is 0 Å². The quantitative estimate of drug-likeness (QED) is 0.843. The third-order valence-electron chi connectivity index (χ3n) is 3.54. The van der Waals surface area contributed by atoms with Gasteiger partial charge in [-0.1, -0.05) is 31.4 Å². The van der Waals surface area contributed by atoms with Crippen molar-refractivity contribution in [3.05, 3.63) is 23.2 Å². The number of nitrogen functional groups attached to an aromatic ring is 1. The highest BCUT2D eigenvalue weighted by molar-refractivity contribution is 7.89. The van der Waals surface area contributed by atoms with Crippen LogP contribution in [-0.4, -0.2) is 14.5 Å². The molecule has 1 aromatic rings. The fourth-order valence-electron chi connectivity index (χ4n) is 2.52. The summed E-state index contributed by atoms with van der Waals surface area (Å²) < 4.78 is 27.3. The minimum atomic E-state index is -3.51. The monoisotopic (exact) mass is 302 g/mol. The van der Waals surface area contributed by atoms with E-state index in [2.05, 4.69) is 11.6 Å². The van der Waals surface area contributed by atoms with Gasteiger partial charge in [0.1, 0.15) is 0 Å². The molecule has 1 aromatic carbocycles. The predicted octanol–water partition coefficient (Wildman–Crippen LogP) is 2.78. The number of hydrogen-bond acceptors (Lipinski definition) is 3. The number of benzene rings is 1. The Bertz CT molecular complexity index is 560. The summed E-state index contributed by atoms with van der Waals surface area (Å²) >= 11 is 5.80. The average molecular weight is 303 g/mol. The van der Waals surface area contributed by atoms with E-state index in [1.54, 1.807) is 0 Å². The number of anilines is 1. The van der Waals surface area contributed by atoms with Crippen LogP contribution in [0.1, 0.15) is 32.6 Å². The molecule has 106 valence electrons. The van der Waals surface area contributed by atoms with E-state index < -0.39 is 10.0 Å². The van der Waals surface area contributed by atoms with E-state index in [0.29, 0.717) is 10.9 Å². The molecule has 0 heterocycles. The third kappa shape index (κ3) is 3.61. The van der Waals surface area contributed by atoms with Crippen LogP contribution in [-0.2, 0) is 10.0 Å². The number of nitrogens with one attached hydrogen (secondary N) is 1. The summed E-state index contributed by atoms with van der Waals surface area (Å²) in [4.78, 5) is 0.174. The van der Waals surface area contributed by atoms with Gasteiger partial charge in [-0.3, -0.25) is 0 Å². The lowest BCUT2D eigenvalue weighted by Gasteiger charge is -2.27. The largest absolute Gasteiger partial charge is 0.397 e. The van der Waals surface area contributed by atoms with Crippen LogP contribution in [0, 0.1) is 5.92 Å². The first-order valence-electron chi connectivity index (χ1n) is 6.46. The minimum Gasteiger partial charge on any atom is -0.397 e. The van der Waals surface area contributed by atoms with Gasteiger partial charge in [-0.25, -0.2) is 13.1 Å². The maximum atomic E-state index is 12.3. The molecule has 3 N–H and O–H groups in total. The first-order valence-corrected chi connectivity index (χ1v) is 8.32. The van der Waals surface area contributed by atoms with Gasteiger partial charge in [0.15, 0.2) is 0 Å². The predicted molar refractivity (Wildman–Crippen MR) is 77.6 cm³/mol. The maximum absolute atomic E-state index is 12.3. The molecule has 0 amide bonds. The molecule has 0 aromatic heterocycles. The van der Waals surface area contributed by atoms with E-state index in [1.807, 2.05) is 0 Å². The van der Waals surface area contributed by atoms with Gasteiger partial charge in [0.25, 0.3) is 0 Å². The second kappa shape index (κ2) is 5.69. The molecular weight excluding hydrogens is 284 g/mol. The van der Waals surface area contributed by atoms with Gasteiger partial charge >= 0.3 is 0 Å². The second-order valence-electron chi connectivity index (χ2n) is 5.27. The zero-order valence-corrected chi connectivity index (χ0v) is 12.5. The van der Waals surface area contributed by atoms with Crippen molar-refractivity contribution in [1.82, 2.24) is 4.72 Å². The molecule has 2 unspecified atom stereocenters. The SMILES string of the molecule is CC1CCCC(NS(=O)(=O)c2ccc(Cl)c(N)c2)C1. The van der Waals surface area contributed by atoms with Crippen LogP contribution in [0.15, 0.2) is 23.1 Å². The standard InChI is InChI=1S/C13H19ClN2O2S/c1-9-3-2-4-10(7-9)16-19(17,18)11-5-6-12(14)13(15)8-11/h5-6,8-10,16H,2-4,7,15H2,1H3. The number of halogens is 1. The molecule has 1 saturated carbocycles. The van der Waals surface area contributed by atoms with Gasteiger partial charge in [0, 0.05) is 6.04 Å².